The Morgan fingerprint density at radius 3 is 2.31 bits per heavy atom. The van der Waals surface area contributed by atoms with Gasteiger partial charge in [-0.15, -0.1) is 0 Å². The van der Waals surface area contributed by atoms with Gasteiger partial charge in [0.2, 0.25) is 9.84 Å². The third kappa shape index (κ3) is 2.34. The fraction of sp³-hybridized carbons (Fsp3) is 0.143. The summed E-state index contributed by atoms with van der Waals surface area (Å²) in [4.78, 5) is -0.0376. The van der Waals surface area contributed by atoms with Crippen LogP contribution in [-0.2, 0) is 9.84 Å². The van der Waals surface area contributed by atoms with Crippen LogP contribution in [0.3, 0.4) is 0 Å². The Labute approximate surface area is 85.8 Å². The number of rotatable bonds is 2. The Hall–Kier alpha value is -0.290. The maximum Gasteiger partial charge on any atom is 0.202 e. The summed E-state index contributed by atoms with van der Waals surface area (Å²) in [7, 11) is -3.62. The molecule has 1 rings (SSSR count). The first-order valence-corrected chi connectivity index (χ1v) is 5.67. The van der Waals surface area contributed by atoms with E-state index in [4.69, 9.17) is 28.3 Å². The highest BCUT2D eigenvalue weighted by Crippen LogP contribution is 2.24. The number of sulfone groups is 1. The van der Waals surface area contributed by atoms with E-state index in [0.29, 0.717) is 0 Å². The Kier molecular flexibility index (Phi) is 3.18. The monoisotopic (exact) mass is 240 g/mol. The van der Waals surface area contributed by atoms with Gasteiger partial charge in [-0.2, -0.15) is 0 Å². The predicted molar refractivity (Wildman–Crippen MR) is 50.7 cm³/mol. The number of aliphatic hydroxyl groups excluding tert-OH is 1. The van der Waals surface area contributed by atoms with Crippen molar-refractivity contribution in [3.05, 3.63) is 28.2 Å². The molecule has 0 aliphatic rings. The molecule has 0 fully saturated rings. The van der Waals surface area contributed by atoms with Gasteiger partial charge < -0.3 is 5.11 Å². The molecule has 0 saturated heterocycles. The second-order valence-electron chi connectivity index (χ2n) is 2.32. The molecule has 13 heavy (non-hydrogen) atoms. The second-order valence-corrected chi connectivity index (χ2v) is 5.09. The molecule has 0 heterocycles. The van der Waals surface area contributed by atoms with Crippen LogP contribution in [0.2, 0.25) is 10.0 Å². The first-order valence-electron chi connectivity index (χ1n) is 3.26. The van der Waals surface area contributed by atoms with Gasteiger partial charge in [0.25, 0.3) is 0 Å². The molecule has 0 radical (unpaired) electrons. The number of aliphatic hydroxyl groups is 1. The van der Waals surface area contributed by atoms with Crippen LogP contribution in [-0.4, -0.2) is 19.5 Å². The maximum absolute atomic E-state index is 11.1. The lowest BCUT2D eigenvalue weighted by atomic mass is 10.4. The minimum absolute atomic E-state index is 0.0376. The third-order valence-electron chi connectivity index (χ3n) is 1.42. The molecule has 1 aromatic rings. The summed E-state index contributed by atoms with van der Waals surface area (Å²) < 4.78 is 22.2. The Bertz CT molecular complexity index is 414. The van der Waals surface area contributed by atoms with Crippen molar-refractivity contribution in [1.82, 2.24) is 0 Å². The van der Waals surface area contributed by atoms with Crippen LogP contribution in [0.1, 0.15) is 0 Å². The van der Waals surface area contributed by atoms with Gasteiger partial charge in [-0.05, 0) is 18.2 Å². The molecule has 0 aromatic heterocycles. The van der Waals surface area contributed by atoms with Crippen molar-refractivity contribution in [3.8, 4) is 0 Å². The lowest BCUT2D eigenvalue weighted by Crippen LogP contribution is -2.05. The fourth-order valence-electron chi connectivity index (χ4n) is 0.745. The van der Waals surface area contributed by atoms with Crippen molar-refractivity contribution in [2.75, 3.05) is 5.94 Å². The van der Waals surface area contributed by atoms with E-state index < -0.39 is 15.8 Å². The Morgan fingerprint density at radius 2 is 1.85 bits per heavy atom. The normalized spacial score (nSPS) is 11.6. The summed E-state index contributed by atoms with van der Waals surface area (Å²) in [6.45, 7) is 0. The van der Waals surface area contributed by atoms with E-state index in [1.54, 1.807) is 0 Å². The molecule has 0 aliphatic carbocycles. The highest BCUT2D eigenvalue weighted by Gasteiger charge is 2.13. The molecule has 1 aromatic carbocycles. The molecular weight excluding hydrogens is 235 g/mol. The summed E-state index contributed by atoms with van der Waals surface area (Å²) in [6.07, 6.45) is 0. The van der Waals surface area contributed by atoms with Crippen LogP contribution >= 0.6 is 23.2 Å². The largest absolute Gasteiger partial charge is 0.380 e. The molecule has 0 unspecified atom stereocenters. The summed E-state index contributed by atoms with van der Waals surface area (Å²) in [5.74, 6) is -0.940. The maximum atomic E-state index is 11.1. The molecule has 0 saturated carbocycles. The molecular formula is C7H6Cl2O3S. The van der Waals surface area contributed by atoms with Crippen molar-refractivity contribution < 1.29 is 13.5 Å². The lowest BCUT2D eigenvalue weighted by Gasteiger charge is -2.01. The standard InChI is InChI=1S/C7H6Cl2O3S/c8-6-2-1-5(3-7(6)9)13(11,12)4-10/h1-3,10H,4H2. The number of hydrogen-bond donors (Lipinski definition) is 1. The Balaban J connectivity index is 3.27. The van der Waals surface area contributed by atoms with Gasteiger partial charge in [0.1, 0.15) is 5.94 Å². The number of benzene rings is 1. The smallest absolute Gasteiger partial charge is 0.202 e. The van der Waals surface area contributed by atoms with Crippen molar-refractivity contribution in [3.63, 3.8) is 0 Å². The molecule has 1 N–H and O–H groups in total. The van der Waals surface area contributed by atoms with Gasteiger partial charge in [-0.25, -0.2) is 8.42 Å². The molecule has 0 atom stereocenters. The molecule has 0 spiro atoms. The Morgan fingerprint density at radius 1 is 1.23 bits per heavy atom. The summed E-state index contributed by atoms with van der Waals surface area (Å²) in [5, 5.41) is 8.97. The molecule has 72 valence electrons. The van der Waals surface area contributed by atoms with E-state index in [1.165, 1.54) is 18.2 Å². The van der Waals surface area contributed by atoms with E-state index in [2.05, 4.69) is 0 Å². The van der Waals surface area contributed by atoms with Crippen LogP contribution in [0.4, 0.5) is 0 Å². The van der Waals surface area contributed by atoms with Gasteiger partial charge in [-0.3, -0.25) is 0 Å². The van der Waals surface area contributed by atoms with Crippen LogP contribution < -0.4 is 0 Å². The molecule has 6 heteroatoms. The molecule has 0 aliphatic heterocycles. The first kappa shape index (κ1) is 10.8. The lowest BCUT2D eigenvalue weighted by molar-refractivity contribution is 0.358. The van der Waals surface area contributed by atoms with E-state index in [0.717, 1.165) is 0 Å². The quantitative estimate of drug-likeness (QED) is 0.857. The molecule has 0 amide bonds. The zero-order chi connectivity index (χ0) is 10.1. The first-order chi connectivity index (χ1) is 5.97. The van der Waals surface area contributed by atoms with Crippen molar-refractivity contribution >= 4 is 33.0 Å². The van der Waals surface area contributed by atoms with Crippen LogP contribution in [0.5, 0.6) is 0 Å². The molecule has 3 nitrogen and oxygen atoms in total. The summed E-state index contributed by atoms with van der Waals surface area (Å²) in [6, 6.07) is 3.86. The topological polar surface area (TPSA) is 54.4 Å². The van der Waals surface area contributed by atoms with Crippen molar-refractivity contribution in [2.24, 2.45) is 0 Å². The van der Waals surface area contributed by atoms with Gasteiger partial charge >= 0.3 is 0 Å². The summed E-state index contributed by atoms with van der Waals surface area (Å²) >= 11 is 11.2. The van der Waals surface area contributed by atoms with Gasteiger partial charge in [0.05, 0.1) is 14.9 Å². The minimum Gasteiger partial charge on any atom is -0.380 e. The third-order valence-corrected chi connectivity index (χ3v) is 3.47. The average molecular weight is 241 g/mol. The zero-order valence-electron chi connectivity index (χ0n) is 6.37. The predicted octanol–water partition coefficient (Wildman–Crippen LogP) is 1.72. The second kappa shape index (κ2) is 3.84. The number of halogens is 2. The van der Waals surface area contributed by atoms with E-state index in [1.807, 2.05) is 0 Å². The van der Waals surface area contributed by atoms with E-state index in [-0.39, 0.29) is 14.9 Å². The summed E-state index contributed by atoms with van der Waals surface area (Å²) in [5.41, 5.74) is 0. The zero-order valence-corrected chi connectivity index (χ0v) is 8.70. The molecule has 0 bridgehead atoms. The van der Waals surface area contributed by atoms with Crippen molar-refractivity contribution in [2.45, 2.75) is 4.90 Å². The SMILES string of the molecule is O=S(=O)(CO)c1ccc(Cl)c(Cl)c1. The van der Waals surface area contributed by atoms with Gasteiger partial charge in [0, 0.05) is 0 Å². The van der Waals surface area contributed by atoms with E-state index in [9.17, 15) is 8.42 Å². The van der Waals surface area contributed by atoms with Gasteiger partial charge in [-0.1, -0.05) is 23.2 Å². The van der Waals surface area contributed by atoms with Gasteiger partial charge in [0.15, 0.2) is 0 Å². The van der Waals surface area contributed by atoms with E-state index >= 15 is 0 Å². The fourth-order valence-corrected chi connectivity index (χ4v) is 1.83. The average Bonchev–Trinajstić information content (AvgIpc) is 2.09. The minimum atomic E-state index is -3.62. The van der Waals surface area contributed by atoms with Crippen LogP contribution in [0.15, 0.2) is 23.1 Å². The number of hydrogen-bond acceptors (Lipinski definition) is 3. The van der Waals surface area contributed by atoms with Crippen molar-refractivity contribution in [1.29, 1.82) is 0 Å². The van der Waals surface area contributed by atoms with Crippen LogP contribution in [0.25, 0.3) is 0 Å². The van der Waals surface area contributed by atoms with Crippen LogP contribution in [0, 0.1) is 0 Å². The highest BCUT2D eigenvalue weighted by atomic mass is 35.5. The highest BCUT2D eigenvalue weighted by molar-refractivity contribution is 7.91.